The number of hydrogen-bond donors (Lipinski definition) is 1. The van der Waals surface area contributed by atoms with Crippen LogP contribution in [-0.4, -0.2) is 40.1 Å². The molecule has 3 aromatic rings. The maximum Gasteiger partial charge on any atom is 0.323 e. The summed E-state index contributed by atoms with van der Waals surface area (Å²) in [4.78, 5) is 19.8. The highest BCUT2D eigenvalue weighted by Gasteiger charge is 2.35. The normalized spacial score (nSPS) is 17.1. The first-order valence-electron chi connectivity index (χ1n) is 12.4. The zero-order valence-corrected chi connectivity index (χ0v) is 22.2. The SMILES string of the molecule is CC(C)CC(N)C(=O)OC(C)(Cc1cc(Cl)cc2c3c(n(C)c12)CCCN(C)C3)c1cccnc1. The molecule has 3 heterocycles. The number of aromatic nitrogens is 2. The van der Waals surface area contributed by atoms with Crippen molar-refractivity contribution < 1.29 is 9.53 Å². The van der Waals surface area contributed by atoms with Gasteiger partial charge in [0, 0.05) is 54.1 Å². The largest absolute Gasteiger partial charge is 0.453 e. The smallest absolute Gasteiger partial charge is 0.323 e. The summed E-state index contributed by atoms with van der Waals surface area (Å²) in [5.41, 5.74) is 11.0. The highest BCUT2D eigenvalue weighted by molar-refractivity contribution is 6.31. The molecule has 0 spiro atoms. The fourth-order valence-corrected chi connectivity index (χ4v) is 5.65. The van der Waals surface area contributed by atoms with Gasteiger partial charge in [-0.2, -0.15) is 0 Å². The molecule has 1 aliphatic heterocycles. The maximum absolute atomic E-state index is 13.1. The summed E-state index contributed by atoms with van der Waals surface area (Å²) in [6.45, 7) is 8.01. The van der Waals surface area contributed by atoms with Crippen molar-refractivity contribution in [3.63, 3.8) is 0 Å². The van der Waals surface area contributed by atoms with E-state index in [0.717, 1.165) is 42.6 Å². The van der Waals surface area contributed by atoms with Crippen molar-refractivity contribution in [1.82, 2.24) is 14.5 Å². The maximum atomic E-state index is 13.1. The lowest BCUT2D eigenvalue weighted by atomic mass is 9.88. The second-order valence-corrected chi connectivity index (χ2v) is 11.0. The molecule has 2 N–H and O–H groups in total. The van der Waals surface area contributed by atoms with Crippen LogP contribution in [0, 0.1) is 5.92 Å². The van der Waals surface area contributed by atoms with Crippen molar-refractivity contribution in [1.29, 1.82) is 0 Å². The average molecular weight is 497 g/mol. The molecule has 1 aromatic carbocycles. The van der Waals surface area contributed by atoms with Crippen LogP contribution in [0.3, 0.4) is 0 Å². The molecule has 188 valence electrons. The summed E-state index contributed by atoms with van der Waals surface area (Å²) in [7, 11) is 4.30. The van der Waals surface area contributed by atoms with Gasteiger partial charge in [0.2, 0.25) is 0 Å². The lowest BCUT2D eigenvalue weighted by Crippen LogP contribution is -2.40. The van der Waals surface area contributed by atoms with Crippen LogP contribution in [-0.2, 0) is 41.6 Å². The highest BCUT2D eigenvalue weighted by Crippen LogP contribution is 2.38. The third-order valence-corrected chi connectivity index (χ3v) is 7.32. The molecule has 0 saturated carbocycles. The minimum atomic E-state index is -0.948. The number of rotatable bonds is 7. The number of nitrogens with zero attached hydrogens (tertiary/aromatic N) is 3. The van der Waals surface area contributed by atoms with E-state index in [1.54, 1.807) is 12.4 Å². The van der Waals surface area contributed by atoms with Crippen LogP contribution >= 0.6 is 11.6 Å². The Hall–Kier alpha value is -2.41. The second kappa shape index (κ2) is 10.3. The van der Waals surface area contributed by atoms with Gasteiger partial charge in [-0.1, -0.05) is 31.5 Å². The number of benzene rings is 1. The number of hydrogen-bond acceptors (Lipinski definition) is 5. The average Bonchev–Trinajstić information content (AvgIpc) is 2.93. The molecule has 0 amide bonds. The van der Waals surface area contributed by atoms with Gasteiger partial charge < -0.3 is 19.9 Å². The number of carbonyl (C=O) groups excluding carboxylic acids is 1. The zero-order chi connectivity index (χ0) is 25.3. The quantitative estimate of drug-likeness (QED) is 0.467. The highest BCUT2D eigenvalue weighted by atomic mass is 35.5. The van der Waals surface area contributed by atoms with E-state index in [1.807, 2.05) is 39.0 Å². The van der Waals surface area contributed by atoms with Gasteiger partial charge in [0.1, 0.15) is 11.6 Å². The van der Waals surface area contributed by atoms with Gasteiger partial charge in [0.25, 0.3) is 0 Å². The number of nitrogens with two attached hydrogens (primary N) is 1. The van der Waals surface area contributed by atoms with Gasteiger partial charge in [-0.05, 0) is 75.0 Å². The molecule has 2 atom stereocenters. The van der Waals surface area contributed by atoms with Crippen LogP contribution < -0.4 is 5.73 Å². The zero-order valence-electron chi connectivity index (χ0n) is 21.5. The summed E-state index contributed by atoms with van der Waals surface area (Å²) < 4.78 is 8.50. The third kappa shape index (κ3) is 5.40. The number of halogens is 1. The molecule has 2 aromatic heterocycles. The molecule has 0 saturated heterocycles. The fraction of sp³-hybridized carbons (Fsp3) is 0.500. The minimum absolute atomic E-state index is 0.298. The van der Waals surface area contributed by atoms with Gasteiger partial charge in [-0.25, -0.2) is 0 Å². The van der Waals surface area contributed by atoms with Crippen LogP contribution in [0.25, 0.3) is 10.9 Å². The lowest BCUT2D eigenvalue weighted by Gasteiger charge is -2.32. The Labute approximate surface area is 213 Å². The number of pyridine rings is 1. The molecule has 7 heteroatoms. The predicted octanol–water partition coefficient (Wildman–Crippen LogP) is 4.98. The van der Waals surface area contributed by atoms with Gasteiger partial charge in [-0.15, -0.1) is 0 Å². The number of aryl methyl sites for hydroxylation is 1. The van der Waals surface area contributed by atoms with E-state index in [4.69, 9.17) is 22.1 Å². The fourth-order valence-electron chi connectivity index (χ4n) is 5.41. The van der Waals surface area contributed by atoms with E-state index in [9.17, 15) is 4.79 Å². The van der Waals surface area contributed by atoms with Crippen LogP contribution in [0.2, 0.25) is 5.02 Å². The molecule has 4 rings (SSSR count). The standard InChI is InChI=1S/C28H37ClN4O2/c1-18(2)12-24(30)27(34)35-28(3,20-8-6-10-31-16-20)15-19-13-21(29)14-22-23-17-32(4)11-7-9-25(23)33(5)26(19)22/h6,8,10,13-14,16,18,24H,7,9,11-12,15,17,30H2,1-5H3. The molecule has 0 radical (unpaired) electrons. The number of fused-ring (bicyclic) bond motifs is 3. The van der Waals surface area contributed by atoms with Crippen molar-refractivity contribution in [2.75, 3.05) is 13.6 Å². The van der Waals surface area contributed by atoms with Crippen molar-refractivity contribution in [2.24, 2.45) is 18.7 Å². The van der Waals surface area contributed by atoms with E-state index in [2.05, 4.69) is 34.6 Å². The van der Waals surface area contributed by atoms with Crippen molar-refractivity contribution >= 4 is 28.5 Å². The molecule has 0 bridgehead atoms. The lowest BCUT2D eigenvalue weighted by molar-refractivity contribution is -0.161. The molecule has 6 nitrogen and oxygen atoms in total. The minimum Gasteiger partial charge on any atom is -0.453 e. The monoisotopic (exact) mass is 496 g/mol. The Balaban J connectivity index is 1.80. The van der Waals surface area contributed by atoms with Crippen LogP contribution in [0.1, 0.15) is 56.0 Å². The summed E-state index contributed by atoms with van der Waals surface area (Å²) in [6, 6.07) is 7.22. The Bertz CT molecular complexity index is 1210. The van der Waals surface area contributed by atoms with E-state index in [-0.39, 0.29) is 0 Å². The Morgan fingerprint density at radius 2 is 2.09 bits per heavy atom. The second-order valence-electron chi connectivity index (χ2n) is 10.6. The summed E-state index contributed by atoms with van der Waals surface area (Å²) in [5.74, 6) is -0.0979. The summed E-state index contributed by atoms with van der Waals surface area (Å²) in [6.07, 6.45) is 6.66. The van der Waals surface area contributed by atoms with Crippen molar-refractivity contribution in [3.05, 3.63) is 64.1 Å². The summed E-state index contributed by atoms with van der Waals surface area (Å²) in [5, 5.41) is 1.86. The van der Waals surface area contributed by atoms with Crippen LogP contribution in [0.4, 0.5) is 0 Å². The first-order valence-corrected chi connectivity index (χ1v) is 12.8. The first-order chi connectivity index (χ1) is 16.6. The van der Waals surface area contributed by atoms with Gasteiger partial charge in [-0.3, -0.25) is 9.78 Å². The number of carbonyl (C=O) groups is 1. The van der Waals surface area contributed by atoms with E-state index in [1.165, 1.54) is 16.6 Å². The number of esters is 1. The summed E-state index contributed by atoms with van der Waals surface area (Å²) >= 11 is 6.68. The Morgan fingerprint density at radius 3 is 2.77 bits per heavy atom. The third-order valence-electron chi connectivity index (χ3n) is 7.10. The molecular formula is C28H37ClN4O2. The van der Waals surface area contributed by atoms with Crippen LogP contribution in [0.5, 0.6) is 0 Å². The first kappa shape index (κ1) is 25.7. The molecule has 1 aliphatic rings. The predicted molar refractivity (Wildman–Crippen MR) is 141 cm³/mol. The van der Waals surface area contributed by atoms with Gasteiger partial charge in [0.15, 0.2) is 0 Å². The van der Waals surface area contributed by atoms with E-state index >= 15 is 0 Å². The Morgan fingerprint density at radius 1 is 1.31 bits per heavy atom. The Kier molecular flexibility index (Phi) is 7.55. The van der Waals surface area contributed by atoms with E-state index in [0.29, 0.717) is 23.8 Å². The molecule has 0 aliphatic carbocycles. The van der Waals surface area contributed by atoms with Crippen LogP contribution in [0.15, 0.2) is 36.7 Å². The molecular weight excluding hydrogens is 460 g/mol. The topological polar surface area (TPSA) is 73.4 Å². The molecule has 0 fully saturated rings. The number of ether oxygens (including phenoxy) is 1. The van der Waals surface area contributed by atoms with Crippen molar-refractivity contribution in [2.45, 2.75) is 64.6 Å². The van der Waals surface area contributed by atoms with Crippen molar-refractivity contribution in [3.8, 4) is 0 Å². The molecule has 2 unspecified atom stereocenters. The van der Waals surface area contributed by atoms with Gasteiger partial charge in [0.05, 0.1) is 5.52 Å². The molecule has 35 heavy (non-hydrogen) atoms. The van der Waals surface area contributed by atoms with E-state index < -0.39 is 17.6 Å². The van der Waals surface area contributed by atoms with Gasteiger partial charge >= 0.3 is 5.97 Å².